The van der Waals surface area contributed by atoms with E-state index in [9.17, 15) is 0 Å². The molecule has 2 heteroatoms. The van der Waals surface area contributed by atoms with Gasteiger partial charge in [0, 0.05) is 0 Å². The van der Waals surface area contributed by atoms with Gasteiger partial charge < -0.3 is 6.92 Å². The zero-order valence-corrected chi connectivity index (χ0v) is 11.5. The molecule has 0 aliphatic heterocycles. The first kappa shape index (κ1) is 15.7. The molecule has 0 aliphatic carbocycles. The van der Waals surface area contributed by atoms with Gasteiger partial charge in [-0.25, -0.2) is 0 Å². The third-order valence-corrected chi connectivity index (χ3v) is 1.85. The minimum absolute atomic E-state index is 1.12. The van der Waals surface area contributed by atoms with Gasteiger partial charge in [-0.2, -0.15) is 6.42 Å². The molecule has 0 amide bonds. The molecule has 0 spiro atoms. The molecule has 0 saturated carbocycles. The third-order valence-electron chi connectivity index (χ3n) is 1.85. The van der Waals surface area contributed by atoms with Crippen LogP contribution in [-0.4, -0.2) is 0 Å². The van der Waals surface area contributed by atoms with Crippen LogP contribution in [0.25, 0.3) is 0 Å². The molecule has 0 nitrogen and oxygen atoms in total. The first-order valence-corrected chi connectivity index (χ1v) is 8.66. The zero-order valence-electron chi connectivity index (χ0n) is 8.12. The van der Waals surface area contributed by atoms with E-state index in [0.29, 0.717) is 0 Å². The van der Waals surface area contributed by atoms with Crippen LogP contribution in [0.1, 0.15) is 58.3 Å². The minimum atomic E-state index is 1.12. The second-order valence-corrected chi connectivity index (χ2v) is 2.97. The van der Waals surface area contributed by atoms with Crippen molar-refractivity contribution in [2.45, 2.75) is 58.3 Å². The molecule has 0 aromatic rings. The first-order valence-electron chi connectivity index (χ1n) is 4.85. The van der Waals surface area contributed by atoms with E-state index in [0.717, 1.165) is 6.42 Å². The van der Waals surface area contributed by atoms with Gasteiger partial charge in [0.2, 0.25) is 0 Å². The molecule has 0 saturated heterocycles. The molecule has 0 aromatic carbocycles. The summed E-state index contributed by atoms with van der Waals surface area (Å²) in [5, 5.41) is 0. The van der Waals surface area contributed by atoms with Gasteiger partial charge in [0.1, 0.15) is 0 Å². The van der Waals surface area contributed by atoms with E-state index in [1.54, 1.807) is 0 Å². The van der Waals surface area contributed by atoms with E-state index in [2.05, 4.69) is 26.6 Å². The summed E-state index contributed by atoms with van der Waals surface area (Å²) in [6, 6.07) is 0. The average molecular weight is 323 g/mol. The van der Waals surface area contributed by atoms with Gasteiger partial charge in [0.15, 0.2) is 0 Å². The molecule has 0 unspecified atom stereocenters. The molecule has 12 heavy (non-hydrogen) atoms. The van der Waals surface area contributed by atoms with Crippen molar-refractivity contribution >= 4 is 20.3 Å². The number of unbranched alkanes of at least 4 members (excludes halogenated alkanes) is 7. The molecule has 0 atom stereocenters. The Hall–Kier alpha value is 1.25. The summed E-state index contributed by atoms with van der Waals surface area (Å²) in [7, 11) is 0. The zero-order chi connectivity index (χ0) is 9.66. The van der Waals surface area contributed by atoms with Crippen LogP contribution >= 0.6 is 20.3 Å². The molecule has 0 bridgehead atoms. The van der Waals surface area contributed by atoms with Gasteiger partial charge in [-0.3, -0.25) is 0 Å². The summed E-state index contributed by atoms with van der Waals surface area (Å²) >= 11 is 4.87. The predicted octanol–water partition coefficient (Wildman–Crippen LogP) is 4.84. The number of hydrogen-bond acceptors (Lipinski definition) is 0. The predicted molar refractivity (Wildman–Crippen MR) is 62.0 cm³/mol. The SMILES string of the molecule is [CH2-]CCCCCCCCC.[Mn+][I]. The molecule has 0 radical (unpaired) electrons. The maximum atomic E-state index is 3.82. The summed E-state index contributed by atoms with van der Waals surface area (Å²) in [5.74, 6) is 0. The Kier molecular flexibility index (Phi) is 23.7. The van der Waals surface area contributed by atoms with Crippen molar-refractivity contribution in [1.29, 1.82) is 0 Å². The Bertz CT molecular complexity index is 49.8. The van der Waals surface area contributed by atoms with Crippen molar-refractivity contribution in [3.8, 4) is 0 Å². The Labute approximate surface area is 97.8 Å². The van der Waals surface area contributed by atoms with Crippen LogP contribution in [0.15, 0.2) is 0 Å². The molecular weight excluding hydrogens is 302 g/mol. The van der Waals surface area contributed by atoms with E-state index in [1.165, 1.54) is 44.9 Å². The van der Waals surface area contributed by atoms with Crippen LogP contribution in [0.2, 0.25) is 0 Å². The molecule has 0 aromatic heterocycles. The van der Waals surface area contributed by atoms with Crippen molar-refractivity contribution in [3.05, 3.63) is 6.92 Å². The van der Waals surface area contributed by atoms with Crippen LogP contribution in [0.4, 0.5) is 0 Å². The summed E-state index contributed by atoms with van der Waals surface area (Å²) in [6.07, 6.45) is 10.9. The number of halogens is 1. The molecule has 75 valence electrons. The van der Waals surface area contributed by atoms with Crippen LogP contribution in [0.3, 0.4) is 0 Å². The summed E-state index contributed by atoms with van der Waals surface area (Å²) < 4.78 is 0. The normalized spacial score (nSPS) is 8.92. The van der Waals surface area contributed by atoms with Crippen molar-refractivity contribution < 1.29 is 12.8 Å². The Morgan fingerprint density at radius 3 is 1.75 bits per heavy atom. The van der Waals surface area contributed by atoms with Gasteiger partial charge in [0.05, 0.1) is 0 Å². The molecule has 0 aliphatic rings. The van der Waals surface area contributed by atoms with Crippen LogP contribution in [-0.2, 0) is 12.8 Å². The third kappa shape index (κ3) is 17.4. The van der Waals surface area contributed by atoms with E-state index in [-0.39, 0.29) is 0 Å². The monoisotopic (exact) mass is 323 g/mol. The summed E-state index contributed by atoms with van der Waals surface area (Å²) in [5.41, 5.74) is 0. The molecular formula is C10H21IMn. The quantitative estimate of drug-likeness (QED) is 0.272. The van der Waals surface area contributed by atoms with Gasteiger partial charge >= 0.3 is 33.1 Å². The van der Waals surface area contributed by atoms with E-state index in [1.807, 2.05) is 20.3 Å². The van der Waals surface area contributed by atoms with Gasteiger partial charge in [-0.15, -0.1) is 0 Å². The van der Waals surface area contributed by atoms with Gasteiger partial charge in [-0.05, 0) is 0 Å². The topological polar surface area (TPSA) is 0 Å². The van der Waals surface area contributed by atoms with Crippen molar-refractivity contribution in [3.63, 3.8) is 0 Å². The summed E-state index contributed by atoms with van der Waals surface area (Å²) in [4.78, 5) is 0. The molecule has 0 fully saturated rings. The molecule has 0 rings (SSSR count). The Morgan fingerprint density at radius 1 is 0.917 bits per heavy atom. The van der Waals surface area contributed by atoms with E-state index < -0.39 is 0 Å². The maximum absolute atomic E-state index is 3.82. The number of hydrogen-bond donors (Lipinski definition) is 0. The van der Waals surface area contributed by atoms with Crippen molar-refractivity contribution in [1.82, 2.24) is 0 Å². The average Bonchev–Trinajstić information content (AvgIpc) is 2.15. The fraction of sp³-hybridized carbons (Fsp3) is 0.900. The second kappa shape index (κ2) is 18.1. The molecule has 0 heterocycles. The van der Waals surface area contributed by atoms with Crippen molar-refractivity contribution in [2.75, 3.05) is 0 Å². The van der Waals surface area contributed by atoms with Crippen LogP contribution in [0.5, 0.6) is 0 Å². The van der Waals surface area contributed by atoms with Crippen LogP contribution in [0, 0.1) is 6.92 Å². The van der Waals surface area contributed by atoms with Crippen molar-refractivity contribution in [2.24, 2.45) is 0 Å². The fourth-order valence-electron chi connectivity index (χ4n) is 1.13. The first-order chi connectivity index (χ1) is 5.91. The second-order valence-electron chi connectivity index (χ2n) is 2.97. The number of rotatable bonds is 7. The Balaban J connectivity index is 0. The van der Waals surface area contributed by atoms with Gasteiger partial charge in [0.25, 0.3) is 0 Å². The van der Waals surface area contributed by atoms with Gasteiger partial charge in [-0.1, -0.05) is 51.9 Å². The van der Waals surface area contributed by atoms with E-state index >= 15 is 0 Å². The molecule has 0 N–H and O–H groups in total. The Morgan fingerprint density at radius 2 is 1.33 bits per heavy atom. The van der Waals surface area contributed by atoms with Crippen LogP contribution < -0.4 is 0 Å². The fourth-order valence-corrected chi connectivity index (χ4v) is 1.13. The van der Waals surface area contributed by atoms with E-state index in [4.69, 9.17) is 0 Å². The summed E-state index contributed by atoms with van der Waals surface area (Å²) in [6.45, 7) is 6.08. The standard InChI is InChI=1S/C10H21.HI.Mn/c1-3-5-7-9-10-8-6-4-2;;/h1,3-10H2,2H3;1H;/q-1;;+2/p-1.